The van der Waals surface area contributed by atoms with Crippen molar-refractivity contribution in [2.24, 2.45) is 5.73 Å². The van der Waals surface area contributed by atoms with E-state index in [9.17, 15) is 9.59 Å². The van der Waals surface area contributed by atoms with E-state index in [2.05, 4.69) is 24.5 Å². The Hall–Kier alpha value is -1.10. The molecule has 0 spiro atoms. The molecule has 0 heterocycles. The van der Waals surface area contributed by atoms with E-state index < -0.39 is 0 Å². The molecule has 0 aliphatic carbocycles. The first-order valence-electron chi connectivity index (χ1n) is 15.4. The molecule has 0 fully saturated rings. The maximum atomic E-state index is 12.1. The number of nitrogens with one attached hydrogen (secondary N) is 2. The molecule has 208 valence electrons. The molecule has 0 aliphatic heterocycles. The molecule has 0 unspecified atom stereocenters. The summed E-state index contributed by atoms with van der Waals surface area (Å²) in [5.41, 5.74) is 5.46. The molecule has 0 saturated carbocycles. The highest BCUT2D eigenvalue weighted by Crippen LogP contribution is 2.13. The van der Waals surface area contributed by atoms with Crippen molar-refractivity contribution in [1.29, 1.82) is 0 Å². The van der Waals surface area contributed by atoms with E-state index >= 15 is 0 Å². The third-order valence-corrected chi connectivity index (χ3v) is 6.91. The third-order valence-electron chi connectivity index (χ3n) is 6.91. The van der Waals surface area contributed by atoms with Gasteiger partial charge in [0.2, 0.25) is 11.8 Å². The van der Waals surface area contributed by atoms with Crippen molar-refractivity contribution >= 4 is 11.8 Å². The summed E-state index contributed by atoms with van der Waals surface area (Å²) in [7, 11) is 0. The van der Waals surface area contributed by atoms with Gasteiger partial charge in [0.15, 0.2) is 0 Å². The number of hydrogen-bond donors (Lipinski definition) is 3. The van der Waals surface area contributed by atoms with Crippen molar-refractivity contribution in [2.45, 2.75) is 168 Å². The van der Waals surface area contributed by atoms with E-state index in [1.165, 1.54) is 89.9 Å². The zero-order valence-electron chi connectivity index (χ0n) is 23.6. The second-order valence-electron chi connectivity index (χ2n) is 10.6. The first-order valence-corrected chi connectivity index (χ1v) is 15.4. The molecule has 0 bridgehead atoms. The largest absolute Gasteiger partial charge is 0.356 e. The van der Waals surface area contributed by atoms with Crippen LogP contribution in [0.1, 0.15) is 162 Å². The van der Waals surface area contributed by atoms with E-state index in [1.54, 1.807) is 0 Å². The quantitative estimate of drug-likeness (QED) is 0.103. The highest BCUT2D eigenvalue weighted by atomic mass is 16.2. The summed E-state index contributed by atoms with van der Waals surface area (Å²) in [6.45, 7) is 5.80. The summed E-state index contributed by atoms with van der Waals surface area (Å²) >= 11 is 0. The Balaban J connectivity index is 3.36. The van der Waals surface area contributed by atoms with Crippen molar-refractivity contribution in [1.82, 2.24) is 10.6 Å². The molecule has 5 heteroatoms. The van der Waals surface area contributed by atoms with Crippen molar-refractivity contribution in [3.63, 3.8) is 0 Å². The molecule has 2 amide bonds. The molecule has 0 aromatic carbocycles. The van der Waals surface area contributed by atoms with Crippen molar-refractivity contribution in [3.8, 4) is 0 Å². The third kappa shape index (κ3) is 27.3. The normalized spacial score (nSPS) is 12.0. The van der Waals surface area contributed by atoms with E-state index in [4.69, 9.17) is 5.73 Å². The highest BCUT2D eigenvalue weighted by Gasteiger charge is 2.07. The number of hydrogen-bond acceptors (Lipinski definition) is 3. The summed E-state index contributed by atoms with van der Waals surface area (Å²) in [5, 5.41) is 6.12. The SMILES string of the molecule is CCCCCCCCCCCCCCCCCC(=O)N[C@H](C)CCCCNC(=O)CCCCCN. The van der Waals surface area contributed by atoms with Gasteiger partial charge in [0.1, 0.15) is 0 Å². The lowest BCUT2D eigenvalue weighted by Crippen LogP contribution is -2.32. The topological polar surface area (TPSA) is 84.2 Å². The predicted molar refractivity (Wildman–Crippen MR) is 152 cm³/mol. The minimum absolute atomic E-state index is 0.145. The van der Waals surface area contributed by atoms with Crippen LogP contribution < -0.4 is 16.4 Å². The van der Waals surface area contributed by atoms with Gasteiger partial charge in [0.25, 0.3) is 0 Å². The summed E-state index contributed by atoms with van der Waals surface area (Å²) in [6.07, 6.45) is 27.4. The van der Waals surface area contributed by atoms with Gasteiger partial charge in [-0.2, -0.15) is 0 Å². The average Bonchev–Trinajstić information content (AvgIpc) is 2.84. The van der Waals surface area contributed by atoms with Crippen LogP contribution in [-0.2, 0) is 9.59 Å². The van der Waals surface area contributed by atoms with Gasteiger partial charge in [-0.3, -0.25) is 9.59 Å². The lowest BCUT2D eigenvalue weighted by Gasteiger charge is -2.14. The predicted octanol–water partition coefficient (Wildman–Crippen LogP) is 7.56. The lowest BCUT2D eigenvalue weighted by molar-refractivity contribution is -0.122. The Labute approximate surface area is 218 Å². The van der Waals surface area contributed by atoms with Crippen molar-refractivity contribution in [3.05, 3.63) is 0 Å². The van der Waals surface area contributed by atoms with E-state index in [1.807, 2.05) is 0 Å². The Kier molecular flexibility index (Phi) is 26.6. The number of carbonyl (C=O) groups is 2. The van der Waals surface area contributed by atoms with Gasteiger partial charge in [0.05, 0.1) is 0 Å². The molecule has 0 aromatic rings. The number of nitrogens with two attached hydrogens (primary N) is 1. The second kappa shape index (κ2) is 27.5. The van der Waals surface area contributed by atoms with Gasteiger partial charge < -0.3 is 16.4 Å². The standard InChI is InChI=1S/C30H61N3O2/c1-3-4-5-6-7-8-9-10-11-12-13-14-15-16-18-25-30(35)33-28(2)23-20-22-27-32-29(34)24-19-17-21-26-31/h28H,3-27,31H2,1-2H3,(H,32,34)(H,33,35)/t28-/m1/s1. The maximum Gasteiger partial charge on any atom is 0.220 e. The van der Waals surface area contributed by atoms with Crippen LogP contribution in [0.4, 0.5) is 0 Å². The van der Waals surface area contributed by atoms with Gasteiger partial charge in [0, 0.05) is 25.4 Å². The smallest absolute Gasteiger partial charge is 0.220 e. The monoisotopic (exact) mass is 495 g/mol. The fourth-order valence-corrected chi connectivity index (χ4v) is 4.57. The van der Waals surface area contributed by atoms with Crippen LogP contribution in [0, 0.1) is 0 Å². The van der Waals surface area contributed by atoms with Crippen LogP contribution in [-0.4, -0.2) is 30.9 Å². The molecular weight excluding hydrogens is 434 g/mol. The van der Waals surface area contributed by atoms with Crippen molar-refractivity contribution < 1.29 is 9.59 Å². The Morgan fingerprint density at radius 3 is 1.57 bits per heavy atom. The Bertz CT molecular complexity index is 471. The minimum atomic E-state index is 0.145. The molecule has 0 aliphatic rings. The van der Waals surface area contributed by atoms with E-state index in [-0.39, 0.29) is 17.9 Å². The van der Waals surface area contributed by atoms with Gasteiger partial charge in [-0.1, -0.05) is 103 Å². The second-order valence-corrected chi connectivity index (χ2v) is 10.6. The van der Waals surface area contributed by atoms with Crippen LogP contribution in [0.15, 0.2) is 0 Å². The summed E-state index contributed by atoms with van der Waals surface area (Å²) in [5.74, 6) is 0.338. The van der Waals surface area contributed by atoms with Gasteiger partial charge in [-0.15, -0.1) is 0 Å². The van der Waals surface area contributed by atoms with Crippen LogP contribution in [0.5, 0.6) is 0 Å². The molecular formula is C30H61N3O2. The summed E-state index contributed by atoms with van der Waals surface area (Å²) in [4.78, 5) is 23.9. The number of unbranched alkanes of at least 4 members (excludes halogenated alkanes) is 17. The van der Waals surface area contributed by atoms with Crippen LogP contribution in [0.2, 0.25) is 0 Å². The maximum absolute atomic E-state index is 12.1. The van der Waals surface area contributed by atoms with E-state index in [0.717, 1.165) is 51.5 Å². The molecule has 0 radical (unpaired) electrons. The highest BCUT2D eigenvalue weighted by molar-refractivity contribution is 5.76. The first-order chi connectivity index (χ1) is 17.1. The van der Waals surface area contributed by atoms with Crippen molar-refractivity contribution in [2.75, 3.05) is 13.1 Å². The molecule has 4 N–H and O–H groups in total. The van der Waals surface area contributed by atoms with Gasteiger partial charge in [-0.25, -0.2) is 0 Å². The van der Waals surface area contributed by atoms with Crippen LogP contribution >= 0.6 is 0 Å². The van der Waals surface area contributed by atoms with Crippen LogP contribution in [0.3, 0.4) is 0 Å². The van der Waals surface area contributed by atoms with E-state index in [0.29, 0.717) is 19.4 Å². The Morgan fingerprint density at radius 2 is 1.06 bits per heavy atom. The fraction of sp³-hybridized carbons (Fsp3) is 0.933. The number of carbonyl (C=O) groups excluding carboxylic acids is 2. The van der Waals surface area contributed by atoms with Gasteiger partial charge >= 0.3 is 0 Å². The summed E-state index contributed by atoms with van der Waals surface area (Å²) < 4.78 is 0. The fourth-order valence-electron chi connectivity index (χ4n) is 4.57. The summed E-state index contributed by atoms with van der Waals surface area (Å²) in [6, 6.07) is 0.214. The first kappa shape index (κ1) is 33.9. The Morgan fingerprint density at radius 1 is 0.600 bits per heavy atom. The van der Waals surface area contributed by atoms with Gasteiger partial charge in [-0.05, 0) is 52.0 Å². The molecule has 0 aromatic heterocycles. The number of rotatable bonds is 27. The lowest BCUT2D eigenvalue weighted by atomic mass is 10.0. The number of amides is 2. The average molecular weight is 496 g/mol. The molecule has 35 heavy (non-hydrogen) atoms. The van der Waals surface area contributed by atoms with Crippen LogP contribution in [0.25, 0.3) is 0 Å². The zero-order valence-corrected chi connectivity index (χ0v) is 23.6. The molecule has 5 nitrogen and oxygen atoms in total. The molecule has 0 rings (SSSR count). The molecule has 1 atom stereocenters. The molecule has 0 saturated heterocycles. The zero-order chi connectivity index (χ0) is 25.8. The minimum Gasteiger partial charge on any atom is -0.356 e.